The highest BCUT2D eigenvalue weighted by Crippen LogP contribution is 2.00. The minimum atomic E-state index is 0.265. The molecule has 0 bridgehead atoms. The third-order valence-corrected chi connectivity index (χ3v) is 1.16. The summed E-state index contributed by atoms with van der Waals surface area (Å²) >= 11 is 0. The molecule has 5 nitrogen and oxygen atoms in total. The summed E-state index contributed by atoms with van der Waals surface area (Å²) in [6, 6.07) is 0. The van der Waals surface area contributed by atoms with Gasteiger partial charge in [-0.15, -0.1) is 0 Å². The van der Waals surface area contributed by atoms with E-state index in [1.54, 1.807) is 13.8 Å². The molecular weight excluding hydrogens is 166 g/mol. The van der Waals surface area contributed by atoms with E-state index in [2.05, 4.69) is 16.9 Å². The third kappa shape index (κ3) is 4.62. The number of amidine groups is 1. The van der Waals surface area contributed by atoms with Crippen LogP contribution in [-0.4, -0.2) is 12.1 Å². The van der Waals surface area contributed by atoms with E-state index in [0.717, 1.165) is 6.21 Å². The number of aliphatic imine (C=N–C) groups is 1. The van der Waals surface area contributed by atoms with Gasteiger partial charge in [0.25, 0.3) is 0 Å². The van der Waals surface area contributed by atoms with Gasteiger partial charge in [0.05, 0.1) is 11.7 Å². The summed E-state index contributed by atoms with van der Waals surface area (Å²) in [6.45, 7) is 6.84. The Morgan fingerprint density at radius 3 is 2.31 bits per heavy atom. The lowest BCUT2D eigenvalue weighted by Gasteiger charge is -2.07. The summed E-state index contributed by atoms with van der Waals surface area (Å²) in [4.78, 5) is 3.96. The number of rotatable bonds is 4. The van der Waals surface area contributed by atoms with Crippen LogP contribution < -0.4 is 16.8 Å². The highest BCUT2D eigenvalue weighted by molar-refractivity contribution is 5.81. The smallest absolute Gasteiger partial charge is 0.137 e. The summed E-state index contributed by atoms with van der Waals surface area (Å²) in [6.07, 6.45) is 1.16. The summed E-state index contributed by atoms with van der Waals surface area (Å²) in [5, 5.41) is 9.73. The van der Waals surface area contributed by atoms with Gasteiger partial charge < -0.3 is 22.2 Å². The van der Waals surface area contributed by atoms with Crippen molar-refractivity contribution in [2.45, 2.75) is 13.8 Å². The second-order valence-electron chi connectivity index (χ2n) is 2.58. The Morgan fingerprint density at radius 1 is 1.46 bits per heavy atom. The predicted octanol–water partition coefficient (Wildman–Crippen LogP) is 0.264. The van der Waals surface area contributed by atoms with Crippen LogP contribution in [0.5, 0.6) is 0 Å². The highest BCUT2D eigenvalue weighted by atomic mass is 15.1. The fraction of sp³-hybridized carbons (Fsp3) is 0.250. The van der Waals surface area contributed by atoms with Crippen LogP contribution in [0.4, 0.5) is 0 Å². The van der Waals surface area contributed by atoms with Crippen molar-refractivity contribution in [2.24, 2.45) is 16.5 Å². The van der Waals surface area contributed by atoms with Gasteiger partial charge in [-0.1, -0.05) is 6.58 Å². The van der Waals surface area contributed by atoms with Gasteiger partial charge in [-0.3, -0.25) is 0 Å². The first-order valence-corrected chi connectivity index (χ1v) is 3.71. The van der Waals surface area contributed by atoms with Gasteiger partial charge in [0.2, 0.25) is 0 Å². The van der Waals surface area contributed by atoms with Gasteiger partial charge in [-0.05, 0) is 13.8 Å². The van der Waals surface area contributed by atoms with Crippen LogP contribution in [0.2, 0.25) is 0 Å². The Labute approximate surface area is 77.7 Å². The van der Waals surface area contributed by atoms with Crippen molar-refractivity contribution in [3.8, 4) is 0 Å². The Kier molecular flexibility index (Phi) is 4.29. The average Bonchev–Trinajstić information content (AvgIpc) is 2.00. The molecule has 0 aromatic carbocycles. The fourth-order valence-corrected chi connectivity index (χ4v) is 0.612. The zero-order valence-electron chi connectivity index (χ0n) is 7.89. The van der Waals surface area contributed by atoms with Crippen LogP contribution in [-0.2, 0) is 0 Å². The first kappa shape index (κ1) is 11.2. The van der Waals surface area contributed by atoms with E-state index in [0.29, 0.717) is 17.2 Å². The first-order chi connectivity index (χ1) is 5.97. The minimum Gasteiger partial charge on any atom is -0.387 e. The minimum absolute atomic E-state index is 0.265. The summed E-state index contributed by atoms with van der Waals surface area (Å²) in [5.74, 6) is 1.11. The Balaban J connectivity index is 4.87. The van der Waals surface area contributed by atoms with E-state index in [1.165, 1.54) is 0 Å². The molecular formula is C8H15N5. The van der Waals surface area contributed by atoms with Crippen molar-refractivity contribution in [2.75, 3.05) is 0 Å². The van der Waals surface area contributed by atoms with E-state index in [4.69, 9.17) is 16.9 Å². The number of hydrogen-bond donors (Lipinski definition) is 4. The molecule has 0 aliphatic heterocycles. The van der Waals surface area contributed by atoms with E-state index >= 15 is 0 Å². The van der Waals surface area contributed by atoms with Gasteiger partial charge in [0.1, 0.15) is 5.82 Å². The Hall–Kier alpha value is -1.78. The highest BCUT2D eigenvalue weighted by Gasteiger charge is 1.98. The second-order valence-corrected chi connectivity index (χ2v) is 2.58. The molecule has 0 rings (SSSR count). The number of nitrogens with zero attached hydrogens (tertiary/aromatic N) is 1. The van der Waals surface area contributed by atoms with Gasteiger partial charge in [-0.2, -0.15) is 0 Å². The van der Waals surface area contributed by atoms with Crippen LogP contribution >= 0.6 is 0 Å². The van der Waals surface area contributed by atoms with Crippen LogP contribution in [0.1, 0.15) is 13.8 Å². The Bertz CT molecular complexity index is 270. The van der Waals surface area contributed by atoms with Crippen molar-refractivity contribution in [1.29, 1.82) is 5.41 Å². The normalized spacial score (nSPS) is 13.2. The lowest BCUT2D eigenvalue weighted by atomic mass is 10.3. The molecule has 72 valence electrons. The molecule has 13 heavy (non-hydrogen) atoms. The molecule has 0 aliphatic carbocycles. The maximum absolute atomic E-state index is 7.02. The lowest BCUT2D eigenvalue weighted by molar-refractivity contribution is 0.921. The van der Waals surface area contributed by atoms with Gasteiger partial charge >= 0.3 is 0 Å². The standard InChI is InChI=1S/C8H15N5/c1-5(4-9)8(12-6(2)10)13-7(3)11/h4,9,12H,2,10H2,1,3H3,(H2,11,13)/b8-5-,9-4?. The molecule has 0 saturated heterocycles. The van der Waals surface area contributed by atoms with E-state index in [1.807, 2.05) is 0 Å². The number of nitrogens with two attached hydrogens (primary N) is 2. The number of hydrogen-bond acceptors (Lipinski definition) is 4. The van der Waals surface area contributed by atoms with Crippen molar-refractivity contribution in [3.05, 3.63) is 23.8 Å². The maximum Gasteiger partial charge on any atom is 0.137 e. The van der Waals surface area contributed by atoms with Crippen molar-refractivity contribution in [3.63, 3.8) is 0 Å². The summed E-state index contributed by atoms with van der Waals surface area (Å²) in [7, 11) is 0. The first-order valence-electron chi connectivity index (χ1n) is 3.71. The van der Waals surface area contributed by atoms with Gasteiger partial charge in [0, 0.05) is 11.8 Å². The van der Waals surface area contributed by atoms with E-state index in [-0.39, 0.29) is 5.82 Å². The number of nitrogens with one attached hydrogen (secondary N) is 2. The van der Waals surface area contributed by atoms with Crippen LogP contribution in [0.3, 0.4) is 0 Å². The van der Waals surface area contributed by atoms with Gasteiger partial charge in [0.15, 0.2) is 0 Å². The van der Waals surface area contributed by atoms with Crippen molar-refractivity contribution < 1.29 is 0 Å². The molecule has 0 fully saturated rings. The second kappa shape index (κ2) is 4.97. The third-order valence-electron chi connectivity index (χ3n) is 1.16. The zero-order valence-corrected chi connectivity index (χ0v) is 7.89. The molecule has 0 aromatic heterocycles. The van der Waals surface area contributed by atoms with Crippen molar-refractivity contribution in [1.82, 2.24) is 5.32 Å². The monoisotopic (exact) mass is 181 g/mol. The summed E-state index contributed by atoms with van der Waals surface area (Å²) < 4.78 is 0. The molecule has 0 spiro atoms. The van der Waals surface area contributed by atoms with E-state index in [9.17, 15) is 0 Å². The van der Waals surface area contributed by atoms with Crippen LogP contribution in [0.15, 0.2) is 28.8 Å². The zero-order chi connectivity index (χ0) is 10.4. The lowest BCUT2D eigenvalue weighted by Crippen LogP contribution is -2.20. The predicted molar refractivity (Wildman–Crippen MR) is 55.2 cm³/mol. The fourth-order valence-electron chi connectivity index (χ4n) is 0.612. The quantitative estimate of drug-likeness (QED) is 0.370. The summed E-state index contributed by atoms with van der Waals surface area (Å²) in [5.41, 5.74) is 11.4. The van der Waals surface area contributed by atoms with Gasteiger partial charge in [-0.25, -0.2) is 4.99 Å². The molecule has 0 atom stereocenters. The van der Waals surface area contributed by atoms with E-state index < -0.39 is 0 Å². The molecule has 0 radical (unpaired) electrons. The Morgan fingerprint density at radius 2 is 2.00 bits per heavy atom. The molecule has 0 amide bonds. The van der Waals surface area contributed by atoms with Crippen LogP contribution in [0, 0.1) is 5.41 Å². The van der Waals surface area contributed by atoms with Crippen LogP contribution in [0.25, 0.3) is 0 Å². The SMILES string of the molecule is C=C(N)NC(/N=C(\C)N)=C(\C)C=N. The molecule has 0 heterocycles. The molecule has 6 N–H and O–H groups in total. The molecule has 0 aromatic rings. The molecule has 0 unspecified atom stereocenters. The average molecular weight is 181 g/mol. The molecule has 0 aliphatic rings. The van der Waals surface area contributed by atoms with Crippen molar-refractivity contribution >= 4 is 12.1 Å². The maximum atomic E-state index is 7.02. The number of allylic oxidation sites excluding steroid dienone is 1. The molecule has 0 saturated carbocycles. The molecule has 5 heteroatoms. The largest absolute Gasteiger partial charge is 0.387 e. The topological polar surface area (TPSA) is 100 Å².